The Morgan fingerprint density at radius 3 is 1.88 bits per heavy atom. The summed E-state index contributed by atoms with van der Waals surface area (Å²) in [6.07, 6.45) is 1.66. The van der Waals surface area contributed by atoms with E-state index in [9.17, 15) is 5.11 Å². The summed E-state index contributed by atoms with van der Waals surface area (Å²) in [5, 5.41) is 11.5. The number of rotatable bonds is 4. The first-order valence-corrected chi connectivity index (χ1v) is 8.47. The Morgan fingerprint density at radius 1 is 0.720 bits per heavy atom. The molecule has 0 heterocycles. The summed E-state index contributed by atoms with van der Waals surface area (Å²) in [7, 11) is 0. The van der Waals surface area contributed by atoms with Crippen LogP contribution >= 0.6 is 0 Å². The van der Waals surface area contributed by atoms with Gasteiger partial charge >= 0.3 is 0 Å². The minimum atomic E-state index is -1.27. The van der Waals surface area contributed by atoms with Crippen molar-refractivity contribution in [1.82, 2.24) is 0 Å². The maximum atomic E-state index is 11.5. The Bertz CT molecular complexity index is 861. The summed E-state index contributed by atoms with van der Waals surface area (Å²) in [6, 6.07) is 23.7. The molecule has 2 nitrogen and oxygen atoms in total. The van der Waals surface area contributed by atoms with E-state index in [0.717, 1.165) is 33.5 Å². The van der Waals surface area contributed by atoms with Crippen molar-refractivity contribution in [1.29, 1.82) is 0 Å². The van der Waals surface area contributed by atoms with Crippen LogP contribution in [0.25, 0.3) is 0 Å². The molecule has 3 rings (SSSR count). The second-order valence-corrected chi connectivity index (χ2v) is 6.50. The monoisotopic (exact) mass is 329 g/mol. The molecule has 25 heavy (non-hydrogen) atoms. The number of aliphatic hydroxyl groups is 1. The number of benzene rings is 3. The van der Waals surface area contributed by atoms with Crippen LogP contribution in [0.15, 0.2) is 77.8 Å². The summed E-state index contributed by atoms with van der Waals surface area (Å²) in [6.45, 7) is 6.11. The molecule has 1 atom stereocenters. The molecule has 0 amide bonds. The zero-order chi connectivity index (χ0) is 17.9. The predicted octanol–water partition coefficient (Wildman–Crippen LogP) is 5.25. The van der Waals surface area contributed by atoms with E-state index in [2.05, 4.69) is 4.99 Å². The molecule has 0 saturated heterocycles. The number of hydrogen-bond donors (Lipinski definition) is 1. The lowest BCUT2D eigenvalue weighted by atomic mass is 9.87. The van der Waals surface area contributed by atoms with Gasteiger partial charge in [0.2, 0.25) is 0 Å². The van der Waals surface area contributed by atoms with E-state index in [1.807, 2.05) is 93.6 Å². The molecule has 0 spiro atoms. The molecule has 0 radical (unpaired) electrons. The van der Waals surface area contributed by atoms with E-state index in [-0.39, 0.29) is 0 Å². The van der Waals surface area contributed by atoms with Crippen LogP contribution in [0.2, 0.25) is 0 Å². The Kier molecular flexibility index (Phi) is 4.82. The van der Waals surface area contributed by atoms with Gasteiger partial charge < -0.3 is 5.11 Å². The van der Waals surface area contributed by atoms with Gasteiger partial charge in [0.05, 0.1) is 5.69 Å². The third kappa shape index (κ3) is 3.54. The van der Waals surface area contributed by atoms with Crippen LogP contribution in [0.5, 0.6) is 0 Å². The lowest BCUT2D eigenvalue weighted by molar-refractivity contribution is 0.161. The van der Waals surface area contributed by atoms with Crippen LogP contribution in [0.1, 0.15) is 27.8 Å². The van der Waals surface area contributed by atoms with Gasteiger partial charge in [0.15, 0.2) is 5.60 Å². The van der Waals surface area contributed by atoms with Crippen LogP contribution < -0.4 is 0 Å². The van der Waals surface area contributed by atoms with Gasteiger partial charge in [0.25, 0.3) is 0 Å². The van der Waals surface area contributed by atoms with Crippen molar-refractivity contribution in [2.45, 2.75) is 26.4 Å². The van der Waals surface area contributed by atoms with Gasteiger partial charge in [-0.2, -0.15) is 0 Å². The Balaban J connectivity index is 2.12. The molecule has 0 aliphatic heterocycles. The lowest BCUT2D eigenvalue weighted by Crippen LogP contribution is -2.29. The van der Waals surface area contributed by atoms with Gasteiger partial charge in [-0.25, -0.2) is 0 Å². The van der Waals surface area contributed by atoms with Crippen molar-refractivity contribution in [2.75, 3.05) is 0 Å². The largest absolute Gasteiger partial charge is 0.375 e. The highest BCUT2D eigenvalue weighted by atomic mass is 16.3. The fraction of sp³-hybridized carbons (Fsp3) is 0.174. The highest BCUT2D eigenvalue weighted by Crippen LogP contribution is 2.30. The molecular formula is C23H23NO. The maximum Gasteiger partial charge on any atom is 0.150 e. The van der Waals surface area contributed by atoms with Gasteiger partial charge in [0, 0.05) is 6.21 Å². The molecule has 1 N–H and O–H groups in total. The Labute approximate surface area is 149 Å². The molecule has 3 aromatic carbocycles. The van der Waals surface area contributed by atoms with Gasteiger partial charge in [0.1, 0.15) is 0 Å². The van der Waals surface area contributed by atoms with Crippen molar-refractivity contribution < 1.29 is 5.11 Å². The van der Waals surface area contributed by atoms with E-state index in [1.54, 1.807) is 6.21 Å². The van der Waals surface area contributed by atoms with Crippen molar-refractivity contribution in [3.8, 4) is 0 Å². The van der Waals surface area contributed by atoms with E-state index in [0.29, 0.717) is 0 Å². The molecular weight excluding hydrogens is 306 g/mol. The molecule has 3 aromatic rings. The summed E-state index contributed by atoms with van der Waals surface area (Å²) in [5.74, 6) is 0. The van der Waals surface area contributed by atoms with Crippen LogP contribution in [0, 0.1) is 20.8 Å². The molecule has 2 heteroatoms. The third-order valence-corrected chi connectivity index (χ3v) is 4.53. The van der Waals surface area contributed by atoms with Gasteiger partial charge in [-0.05, 0) is 43.0 Å². The fourth-order valence-corrected chi connectivity index (χ4v) is 2.98. The Hall–Kier alpha value is -2.71. The SMILES string of the molecule is Cc1ccc(C(O)(C=Nc2c(C)cccc2C)c2ccccc2)cc1. The molecule has 0 saturated carbocycles. The first-order valence-electron chi connectivity index (χ1n) is 8.47. The number of aryl methyl sites for hydroxylation is 3. The molecule has 1 unspecified atom stereocenters. The summed E-state index contributed by atoms with van der Waals surface area (Å²) in [4.78, 5) is 4.68. The van der Waals surface area contributed by atoms with Crippen LogP contribution in [0.3, 0.4) is 0 Å². The first kappa shape index (κ1) is 17.1. The zero-order valence-electron chi connectivity index (χ0n) is 14.9. The minimum Gasteiger partial charge on any atom is -0.375 e. The van der Waals surface area contributed by atoms with Gasteiger partial charge in [-0.15, -0.1) is 0 Å². The first-order chi connectivity index (χ1) is 12.0. The topological polar surface area (TPSA) is 32.6 Å². The maximum absolute atomic E-state index is 11.5. The highest BCUT2D eigenvalue weighted by molar-refractivity contribution is 5.80. The summed E-state index contributed by atoms with van der Waals surface area (Å²) in [5.41, 5.74) is 4.58. The molecule has 0 bridgehead atoms. The molecule has 0 aliphatic carbocycles. The number of para-hydroxylation sites is 1. The minimum absolute atomic E-state index is 0.800. The van der Waals surface area contributed by atoms with Gasteiger partial charge in [-0.1, -0.05) is 78.4 Å². The predicted molar refractivity (Wildman–Crippen MR) is 105 cm³/mol. The second-order valence-electron chi connectivity index (χ2n) is 6.50. The van der Waals surface area contributed by atoms with Crippen LogP contribution in [-0.4, -0.2) is 11.3 Å². The highest BCUT2D eigenvalue weighted by Gasteiger charge is 2.29. The summed E-state index contributed by atoms with van der Waals surface area (Å²) < 4.78 is 0. The van der Waals surface area contributed by atoms with Crippen molar-refractivity contribution in [2.24, 2.45) is 4.99 Å². The molecule has 0 fully saturated rings. The average Bonchev–Trinajstić information content (AvgIpc) is 2.62. The standard InChI is InChI=1S/C23H23NO/c1-17-12-14-21(15-13-17)23(25,20-10-5-4-6-11-20)16-24-22-18(2)8-7-9-19(22)3/h4-16,25H,1-3H3. The molecule has 0 aromatic heterocycles. The smallest absolute Gasteiger partial charge is 0.150 e. The normalized spacial score (nSPS) is 13.8. The van der Waals surface area contributed by atoms with E-state index in [1.165, 1.54) is 0 Å². The van der Waals surface area contributed by atoms with Crippen molar-refractivity contribution >= 4 is 11.9 Å². The second kappa shape index (κ2) is 7.04. The molecule has 126 valence electrons. The number of hydrogen-bond acceptors (Lipinski definition) is 2. The quantitative estimate of drug-likeness (QED) is 0.651. The van der Waals surface area contributed by atoms with Crippen molar-refractivity contribution in [3.63, 3.8) is 0 Å². The van der Waals surface area contributed by atoms with E-state index < -0.39 is 5.60 Å². The third-order valence-electron chi connectivity index (χ3n) is 4.53. The van der Waals surface area contributed by atoms with Gasteiger partial charge in [-0.3, -0.25) is 4.99 Å². The van der Waals surface area contributed by atoms with Crippen LogP contribution in [-0.2, 0) is 5.60 Å². The zero-order valence-corrected chi connectivity index (χ0v) is 14.9. The number of nitrogens with zero attached hydrogens (tertiary/aromatic N) is 1. The lowest BCUT2D eigenvalue weighted by Gasteiger charge is -2.25. The Morgan fingerprint density at radius 2 is 1.28 bits per heavy atom. The molecule has 0 aliphatic rings. The van der Waals surface area contributed by atoms with E-state index in [4.69, 9.17) is 0 Å². The van der Waals surface area contributed by atoms with Crippen LogP contribution in [0.4, 0.5) is 5.69 Å². The fourth-order valence-electron chi connectivity index (χ4n) is 2.98. The van der Waals surface area contributed by atoms with Crippen molar-refractivity contribution in [3.05, 3.63) is 101 Å². The summed E-state index contributed by atoms with van der Waals surface area (Å²) >= 11 is 0. The average molecular weight is 329 g/mol. The number of aliphatic imine (C=N–C) groups is 1. The van der Waals surface area contributed by atoms with E-state index >= 15 is 0 Å².